The molecule has 1 heterocycles. The summed E-state index contributed by atoms with van der Waals surface area (Å²) in [5, 5.41) is 0. The number of aromatic nitrogens is 2. The van der Waals surface area contributed by atoms with Crippen LogP contribution in [0.15, 0.2) is 30.6 Å². The van der Waals surface area contributed by atoms with Crippen LogP contribution in [-0.4, -0.2) is 22.9 Å². The number of nitrogens with zero attached hydrogens (tertiary/aromatic N) is 2. The number of ketones is 1. The fourth-order valence-corrected chi connectivity index (χ4v) is 2.19. The van der Waals surface area contributed by atoms with Gasteiger partial charge in [0.05, 0.1) is 7.11 Å². The van der Waals surface area contributed by atoms with E-state index in [0.29, 0.717) is 5.56 Å². The highest BCUT2D eigenvalue weighted by Gasteiger charge is 2.19. The third kappa shape index (κ3) is 2.35. The van der Waals surface area contributed by atoms with Crippen molar-refractivity contribution in [2.45, 2.75) is 6.92 Å². The summed E-state index contributed by atoms with van der Waals surface area (Å²) in [5.74, 6) is 0.0767. The number of ether oxygens (including phenoxy) is 1. The van der Waals surface area contributed by atoms with Gasteiger partial charge in [-0.05, 0) is 41.1 Å². The molecule has 2 rings (SSSR count). The summed E-state index contributed by atoms with van der Waals surface area (Å²) < 4.78 is 5.99. The average Bonchev–Trinajstić information content (AvgIpc) is 2.41. The highest BCUT2D eigenvalue weighted by Crippen LogP contribution is 2.22. The lowest BCUT2D eigenvalue weighted by molar-refractivity contribution is 0.102. The Morgan fingerprint density at radius 1 is 1.28 bits per heavy atom. The van der Waals surface area contributed by atoms with Gasteiger partial charge in [0.2, 0.25) is 11.7 Å². The van der Waals surface area contributed by atoms with E-state index in [9.17, 15) is 4.79 Å². The first-order valence-electron chi connectivity index (χ1n) is 5.30. The smallest absolute Gasteiger partial charge is 0.243 e. The first-order chi connectivity index (χ1) is 8.65. The van der Waals surface area contributed by atoms with Gasteiger partial charge < -0.3 is 4.74 Å². The molecular weight excluding hydrogens is 343 g/mol. The minimum Gasteiger partial charge on any atom is -0.479 e. The van der Waals surface area contributed by atoms with Gasteiger partial charge in [-0.15, -0.1) is 0 Å². The molecule has 0 unspecified atom stereocenters. The lowest BCUT2D eigenvalue weighted by Crippen LogP contribution is -2.09. The Morgan fingerprint density at radius 3 is 2.72 bits per heavy atom. The van der Waals surface area contributed by atoms with Gasteiger partial charge in [-0.1, -0.05) is 12.1 Å². The van der Waals surface area contributed by atoms with E-state index in [0.717, 1.165) is 9.13 Å². The average molecular weight is 354 g/mol. The van der Waals surface area contributed by atoms with Crippen molar-refractivity contribution in [3.8, 4) is 5.88 Å². The van der Waals surface area contributed by atoms with Crippen molar-refractivity contribution < 1.29 is 9.53 Å². The van der Waals surface area contributed by atoms with Crippen molar-refractivity contribution >= 4 is 28.4 Å². The SMILES string of the molecule is COc1nccnc1C(=O)c1cccc(C)c1I. The van der Waals surface area contributed by atoms with E-state index < -0.39 is 0 Å². The Balaban J connectivity index is 2.52. The number of methoxy groups -OCH3 is 1. The Labute approximate surface area is 119 Å². The van der Waals surface area contributed by atoms with E-state index in [4.69, 9.17) is 4.74 Å². The number of hydrogen-bond acceptors (Lipinski definition) is 4. The number of carbonyl (C=O) groups excluding carboxylic acids is 1. The minimum absolute atomic E-state index is 0.173. The molecule has 0 aliphatic rings. The predicted molar refractivity (Wildman–Crippen MR) is 75.9 cm³/mol. The molecule has 92 valence electrons. The Bertz CT molecular complexity index is 599. The van der Waals surface area contributed by atoms with Crippen molar-refractivity contribution in [3.05, 3.63) is 51.0 Å². The zero-order valence-electron chi connectivity index (χ0n) is 9.98. The molecule has 0 bridgehead atoms. The highest BCUT2D eigenvalue weighted by molar-refractivity contribution is 14.1. The van der Waals surface area contributed by atoms with Crippen molar-refractivity contribution in [3.63, 3.8) is 0 Å². The summed E-state index contributed by atoms with van der Waals surface area (Å²) in [7, 11) is 1.47. The molecule has 0 N–H and O–H groups in total. The maximum atomic E-state index is 12.4. The lowest BCUT2D eigenvalue weighted by Gasteiger charge is -2.07. The second-order valence-corrected chi connectivity index (χ2v) is 4.76. The van der Waals surface area contributed by atoms with Crippen LogP contribution in [-0.2, 0) is 0 Å². The van der Waals surface area contributed by atoms with Gasteiger partial charge in [-0.2, -0.15) is 0 Å². The lowest BCUT2D eigenvalue weighted by atomic mass is 10.1. The van der Waals surface area contributed by atoms with Crippen molar-refractivity contribution in [2.24, 2.45) is 0 Å². The van der Waals surface area contributed by atoms with E-state index in [1.54, 1.807) is 6.07 Å². The quantitative estimate of drug-likeness (QED) is 0.628. The summed E-state index contributed by atoms with van der Waals surface area (Å²) >= 11 is 2.16. The van der Waals surface area contributed by atoms with Crippen LogP contribution in [0.5, 0.6) is 5.88 Å². The molecule has 0 atom stereocenters. The number of carbonyl (C=O) groups is 1. The molecule has 0 aliphatic heterocycles. The van der Waals surface area contributed by atoms with Crippen molar-refractivity contribution in [1.29, 1.82) is 0 Å². The molecule has 1 aromatic carbocycles. The van der Waals surface area contributed by atoms with Crippen molar-refractivity contribution in [1.82, 2.24) is 9.97 Å². The fourth-order valence-electron chi connectivity index (χ4n) is 1.58. The first kappa shape index (κ1) is 12.9. The molecular formula is C13H11IN2O2. The monoisotopic (exact) mass is 354 g/mol. The standard InChI is InChI=1S/C13H11IN2O2/c1-8-4-3-5-9(10(8)14)12(17)11-13(18-2)16-7-6-15-11/h3-7H,1-2H3. The van der Waals surface area contributed by atoms with Gasteiger partial charge in [0.15, 0.2) is 5.69 Å². The molecule has 5 heteroatoms. The molecule has 0 amide bonds. The second kappa shape index (κ2) is 5.43. The Morgan fingerprint density at radius 2 is 2.00 bits per heavy atom. The van der Waals surface area contributed by atoms with E-state index in [2.05, 4.69) is 32.6 Å². The van der Waals surface area contributed by atoms with Crippen LogP contribution < -0.4 is 4.74 Å². The van der Waals surface area contributed by atoms with E-state index in [-0.39, 0.29) is 17.4 Å². The Hall–Kier alpha value is -1.50. The van der Waals surface area contributed by atoms with Gasteiger partial charge in [0, 0.05) is 21.5 Å². The van der Waals surface area contributed by atoms with Gasteiger partial charge in [0.25, 0.3) is 0 Å². The van der Waals surface area contributed by atoms with Crippen LogP contribution in [0, 0.1) is 10.5 Å². The predicted octanol–water partition coefficient (Wildman–Crippen LogP) is 2.63. The van der Waals surface area contributed by atoms with Crippen molar-refractivity contribution in [2.75, 3.05) is 7.11 Å². The summed E-state index contributed by atoms with van der Waals surface area (Å²) in [6.07, 6.45) is 2.98. The zero-order valence-corrected chi connectivity index (χ0v) is 12.1. The van der Waals surface area contributed by atoms with Crippen LogP contribution in [0.2, 0.25) is 0 Å². The molecule has 0 saturated heterocycles. The second-order valence-electron chi connectivity index (χ2n) is 3.68. The van der Waals surface area contributed by atoms with Crippen LogP contribution in [0.3, 0.4) is 0 Å². The van der Waals surface area contributed by atoms with Crippen LogP contribution in [0.25, 0.3) is 0 Å². The van der Waals surface area contributed by atoms with E-state index in [1.165, 1.54) is 19.5 Å². The summed E-state index contributed by atoms with van der Waals surface area (Å²) in [6.45, 7) is 1.96. The minimum atomic E-state index is -0.173. The molecule has 2 aromatic rings. The van der Waals surface area contributed by atoms with Gasteiger partial charge in [0.1, 0.15) is 0 Å². The van der Waals surface area contributed by atoms with Crippen LogP contribution >= 0.6 is 22.6 Å². The number of benzene rings is 1. The molecule has 0 aliphatic carbocycles. The molecule has 18 heavy (non-hydrogen) atoms. The van der Waals surface area contributed by atoms with Crippen LogP contribution in [0.1, 0.15) is 21.6 Å². The molecule has 4 nitrogen and oxygen atoms in total. The molecule has 0 spiro atoms. The summed E-state index contributed by atoms with van der Waals surface area (Å²) in [5.41, 5.74) is 1.92. The Kier molecular flexibility index (Phi) is 3.90. The third-order valence-electron chi connectivity index (χ3n) is 2.51. The molecule has 0 fully saturated rings. The van der Waals surface area contributed by atoms with Gasteiger partial charge in [-0.25, -0.2) is 9.97 Å². The topological polar surface area (TPSA) is 52.1 Å². The summed E-state index contributed by atoms with van der Waals surface area (Å²) in [6, 6.07) is 5.60. The highest BCUT2D eigenvalue weighted by atomic mass is 127. The number of hydrogen-bond donors (Lipinski definition) is 0. The van der Waals surface area contributed by atoms with Gasteiger partial charge >= 0.3 is 0 Å². The fraction of sp³-hybridized carbons (Fsp3) is 0.154. The molecule has 0 radical (unpaired) electrons. The normalized spacial score (nSPS) is 10.2. The molecule has 0 saturated carbocycles. The largest absolute Gasteiger partial charge is 0.479 e. The zero-order chi connectivity index (χ0) is 13.1. The van der Waals surface area contributed by atoms with E-state index in [1.807, 2.05) is 19.1 Å². The summed E-state index contributed by atoms with van der Waals surface area (Å²) in [4.78, 5) is 20.5. The van der Waals surface area contributed by atoms with Crippen LogP contribution in [0.4, 0.5) is 0 Å². The molecule has 1 aromatic heterocycles. The number of aryl methyl sites for hydroxylation is 1. The van der Waals surface area contributed by atoms with Gasteiger partial charge in [-0.3, -0.25) is 4.79 Å². The maximum Gasteiger partial charge on any atom is 0.243 e. The first-order valence-corrected chi connectivity index (χ1v) is 6.38. The number of rotatable bonds is 3. The maximum absolute atomic E-state index is 12.4. The third-order valence-corrected chi connectivity index (χ3v) is 3.94. The number of halogens is 1. The van der Waals surface area contributed by atoms with E-state index >= 15 is 0 Å².